The third-order valence-corrected chi connectivity index (χ3v) is 5.08. The third kappa shape index (κ3) is 5.47. The lowest BCUT2D eigenvalue weighted by Crippen LogP contribution is -2.48. The number of carbonyl (C=O) groups is 2. The average molecular weight is 392 g/mol. The van der Waals surface area contributed by atoms with Gasteiger partial charge in [-0.2, -0.15) is 0 Å². The summed E-state index contributed by atoms with van der Waals surface area (Å²) in [6.45, 7) is 8.56. The normalized spacial score (nSPS) is 22.0. The molecule has 0 heterocycles. The van der Waals surface area contributed by atoms with Gasteiger partial charge in [-0.25, -0.2) is 4.79 Å². The maximum absolute atomic E-state index is 13.1. The highest BCUT2D eigenvalue weighted by Crippen LogP contribution is 2.36. The number of methoxy groups -OCH3 is 1. The maximum Gasteiger partial charge on any atom is 0.341 e. The van der Waals surface area contributed by atoms with Crippen molar-refractivity contribution >= 4 is 17.6 Å². The Bertz CT molecular complexity index is 672. The number of hydrogen-bond acceptors (Lipinski definition) is 5. The first-order valence-corrected chi connectivity index (χ1v) is 10.2. The van der Waals surface area contributed by atoms with E-state index < -0.39 is 11.6 Å². The Morgan fingerprint density at radius 2 is 1.93 bits per heavy atom. The monoisotopic (exact) mass is 391 g/mol. The minimum absolute atomic E-state index is 0.0845. The van der Waals surface area contributed by atoms with Gasteiger partial charge in [0, 0.05) is 12.3 Å². The van der Waals surface area contributed by atoms with Crippen LogP contribution in [0.1, 0.15) is 70.2 Å². The Morgan fingerprint density at radius 1 is 1.25 bits per heavy atom. The molecule has 1 aromatic rings. The highest BCUT2D eigenvalue weighted by Gasteiger charge is 2.42. The molecule has 1 N–H and O–H groups in total. The van der Waals surface area contributed by atoms with Crippen LogP contribution in [0, 0.1) is 5.92 Å². The van der Waals surface area contributed by atoms with Gasteiger partial charge in [-0.1, -0.05) is 13.8 Å². The number of benzene rings is 1. The average Bonchev–Trinajstić information content (AvgIpc) is 2.68. The van der Waals surface area contributed by atoms with Crippen molar-refractivity contribution in [2.45, 2.75) is 71.5 Å². The lowest BCUT2D eigenvalue weighted by molar-refractivity contribution is -0.147. The third-order valence-electron chi connectivity index (χ3n) is 5.08. The van der Waals surface area contributed by atoms with Gasteiger partial charge in [0.2, 0.25) is 0 Å². The minimum atomic E-state index is -0.805. The Morgan fingerprint density at radius 3 is 2.50 bits per heavy atom. The van der Waals surface area contributed by atoms with Crippen LogP contribution in [-0.4, -0.2) is 37.3 Å². The van der Waals surface area contributed by atoms with E-state index in [4.69, 9.17) is 14.2 Å². The fraction of sp³-hybridized carbons (Fsp3) is 0.636. The molecule has 2 rings (SSSR count). The van der Waals surface area contributed by atoms with Crippen molar-refractivity contribution in [3.8, 4) is 5.75 Å². The molecular weight excluding hydrogens is 358 g/mol. The number of ether oxygens (including phenoxy) is 3. The number of nitrogens with one attached hydrogen (secondary N) is 1. The number of carbonyl (C=O) groups excluding carboxylic acids is 2. The van der Waals surface area contributed by atoms with E-state index in [9.17, 15) is 9.59 Å². The molecule has 0 saturated heterocycles. The largest absolute Gasteiger partial charge is 0.490 e. The van der Waals surface area contributed by atoms with Crippen molar-refractivity contribution in [3.05, 3.63) is 23.8 Å². The summed E-state index contributed by atoms with van der Waals surface area (Å²) in [6.07, 6.45) is 4.12. The molecule has 156 valence electrons. The van der Waals surface area contributed by atoms with E-state index in [2.05, 4.69) is 12.2 Å². The quantitative estimate of drug-likeness (QED) is 0.657. The molecule has 1 saturated carbocycles. The van der Waals surface area contributed by atoms with Gasteiger partial charge in [0.15, 0.2) is 0 Å². The Balaban J connectivity index is 2.24. The summed E-state index contributed by atoms with van der Waals surface area (Å²) in [5.41, 5.74) is 0.00974. The summed E-state index contributed by atoms with van der Waals surface area (Å²) in [5, 5.41) is 2.95. The van der Waals surface area contributed by atoms with Crippen LogP contribution in [0.25, 0.3) is 0 Å². The van der Waals surface area contributed by atoms with Crippen molar-refractivity contribution in [3.63, 3.8) is 0 Å². The van der Waals surface area contributed by atoms with Gasteiger partial charge >= 0.3 is 5.97 Å². The summed E-state index contributed by atoms with van der Waals surface area (Å²) in [6, 6.07) is 5.02. The molecule has 0 aromatic heterocycles. The maximum atomic E-state index is 13.1. The molecular formula is C22H33NO5. The van der Waals surface area contributed by atoms with Gasteiger partial charge in [0.05, 0.1) is 13.2 Å². The van der Waals surface area contributed by atoms with Crippen LogP contribution >= 0.6 is 0 Å². The summed E-state index contributed by atoms with van der Waals surface area (Å²) in [5.74, 6) is 0.379. The highest BCUT2D eigenvalue weighted by atomic mass is 16.5. The molecule has 0 bridgehead atoms. The lowest BCUT2D eigenvalue weighted by atomic mass is 9.78. The van der Waals surface area contributed by atoms with E-state index in [0.29, 0.717) is 36.8 Å². The number of esters is 1. The summed E-state index contributed by atoms with van der Waals surface area (Å²) < 4.78 is 16.6. The van der Waals surface area contributed by atoms with Crippen molar-refractivity contribution in [1.82, 2.24) is 0 Å². The lowest BCUT2D eigenvalue weighted by Gasteiger charge is -2.38. The van der Waals surface area contributed by atoms with Crippen molar-refractivity contribution in [2.75, 3.05) is 19.0 Å². The summed E-state index contributed by atoms with van der Waals surface area (Å²) in [7, 11) is 1.32. The molecule has 1 amide bonds. The van der Waals surface area contributed by atoms with E-state index in [-0.39, 0.29) is 17.6 Å². The second-order valence-corrected chi connectivity index (χ2v) is 7.85. The van der Waals surface area contributed by atoms with Crippen LogP contribution in [0.5, 0.6) is 5.75 Å². The Hall–Kier alpha value is -2.08. The van der Waals surface area contributed by atoms with Crippen molar-refractivity contribution < 1.29 is 23.8 Å². The van der Waals surface area contributed by atoms with E-state index in [0.717, 1.165) is 19.3 Å². The number of anilines is 1. The number of amides is 1. The van der Waals surface area contributed by atoms with E-state index in [1.54, 1.807) is 18.2 Å². The first-order valence-electron chi connectivity index (χ1n) is 10.2. The summed E-state index contributed by atoms with van der Waals surface area (Å²) >= 11 is 0. The molecule has 1 aromatic carbocycles. The fourth-order valence-electron chi connectivity index (χ4n) is 3.44. The van der Waals surface area contributed by atoms with Gasteiger partial charge in [-0.05, 0) is 70.1 Å². The van der Waals surface area contributed by atoms with E-state index in [1.165, 1.54) is 7.11 Å². The predicted octanol–water partition coefficient (Wildman–Crippen LogP) is 4.57. The summed E-state index contributed by atoms with van der Waals surface area (Å²) in [4.78, 5) is 25.3. The second kappa shape index (κ2) is 9.92. The molecule has 0 aliphatic heterocycles. The zero-order valence-electron chi connectivity index (χ0n) is 17.7. The second-order valence-electron chi connectivity index (χ2n) is 7.85. The van der Waals surface area contributed by atoms with Crippen LogP contribution < -0.4 is 10.1 Å². The topological polar surface area (TPSA) is 73.9 Å². The standard InChI is InChI=1S/C22H33NO5/c1-6-13-27-22(11-9-16(4)10-12-22)21(25)23-17-7-8-19(28-15(2)3)18(14-17)20(24)26-5/h7-8,14-16H,6,9-13H2,1-5H3,(H,23,25). The fourth-order valence-corrected chi connectivity index (χ4v) is 3.44. The minimum Gasteiger partial charge on any atom is -0.490 e. The van der Waals surface area contributed by atoms with Crippen LogP contribution in [0.2, 0.25) is 0 Å². The van der Waals surface area contributed by atoms with Crippen LogP contribution in [-0.2, 0) is 14.3 Å². The van der Waals surface area contributed by atoms with E-state index >= 15 is 0 Å². The van der Waals surface area contributed by atoms with Crippen molar-refractivity contribution in [2.24, 2.45) is 5.92 Å². The smallest absolute Gasteiger partial charge is 0.341 e. The predicted molar refractivity (Wildman–Crippen MR) is 109 cm³/mol. The molecule has 0 radical (unpaired) electrons. The zero-order valence-corrected chi connectivity index (χ0v) is 17.7. The molecule has 6 nitrogen and oxygen atoms in total. The van der Waals surface area contributed by atoms with Gasteiger partial charge in [0.25, 0.3) is 5.91 Å². The molecule has 28 heavy (non-hydrogen) atoms. The van der Waals surface area contributed by atoms with Gasteiger partial charge < -0.3 is 19.5 Å². The number of rotatable bonds is 8. The number of hydrogen-bond donors (Lipinski definition) is 1. The Labute approximate surface area is 167 Å². The first-order chi connectivity index (χ1) is 13.3. The molecule has 6 heteroatoms. The van der Waals surface area contributed by atoms with Gasteiger partial charge in [0.1, 0.15) is 16.9 Å². The van der Waals surface area contributed by atoms with E-state index in [1.807, 2.05) is 20.8 Å². The van der Waals surface area contributed by atoms with Crippen molar-refractivity contribution in [1.29, 1.82) is 0 Å². The molecule has 0 atom stereocenters. The molecule has 1 aliphatic carbocycles. The molecule has 1 fully saturated rings. The zero-order chi connectivity index (χ0) is 20.7. The van der Waals surface area contributed by atoms with Crippen LogP contribution in [0.15, 0.2) is 18.2 Å². The molecule has 0 spiro atoms. The SMILES string of the molecule is CCCOC1(C(=O)Nc2ccc(OC(C)C)c(C(=O)OC)c2)CCC(C)CC1. The van der Waals surface area contributed by atoms with Gasteiger partial charge in [-0.3, -0.25) is 4.79 Å². The first kappa shape index (κ1) is 22.2. The van der Waals surface area contributed by atoms with Gasteiger partial charge in [-0.15, -0.1) is 0 Å². The van der Waals surface area contributed by atoms with Crippen LogP contribution in [0.4, 0.5) is 5.69 Å². The van der Waals surface area contributed by atoms with Crippen LogP contribution in [0.3, 0.4) is 0 Å². The Kier molecular flexibility index (Phi) is 7.87. The molecule has 1 aliphatic rings. The highest BCUT2D eigenvalue weighted by molar-refractivity contribution is 5.99. The molecule has 0 unspecified atom stereocenters.